The number of nitrogens with two attached hydrogens (primary N) is 1. The van der Waals surface area contributed by atoms with Gasteiger partial charge in [-0.15, -0.1) is 10.2 Å². The second kappa shape index (κ2) is 9.50. The van der Waals surface area contributed by atoms with E-state index in [0.717, 1.165) is 19.3 Å². The summed E-state index contributed by atoms with van der Waals surface area (Å²) in [6.07, 6.45) is 3.35. The molecule has 0 saturated carbocycles. The topological polar surface area (TPSA) is 117 Å². The van der Waals surface area contributed by atoms with E-state index >= 15 is 0 Å². The second-order valence-electron chi connectivity index (χ2n) is 6.38. The van der Waals surface area contributed by atoms with E-state index in [0.29, 0.717) is 53.0 Å². The fourth-order valence-corrected chi connectivity index (χ4v) is 3.68. The standard InChI is InChI=1S/C19H23N5O3S/c1-2-16-22-23-17(27-16)12-28-19-21-14-9-6-5-8-13(14)18(26)24(19)11-7-3-4-10-15(20)25/h5-6,8-9H,2-4,7,10-12H2,1H3,(H2,20,25). The van der Waals surface area contributed by atoms with E-state index in [9.17, 15) is 9.59 Å². The fourth-order valence-electron chi connectivity index (χ4n) is 2.82. The van der Waals surface area contributed by atoms with Crippen molar-refractivity contribution in [3.05, 3.63) is 46.4 Å². The highest BCUT2D eigenvalue weighted by Gasteiger charge is 2.13. The van der Waals surface area contributed by atoms with Gasteiger partial charge in [-0.2, -0.15) is 0 Å². The van der Waals surface area contributed by atoms with E-state index in [1.165, 1.54) is 11.8 Å². The zero-order chi connectivity index (χ0) is 19.9. The van der Waals surface area contributed by atoms with Gasteiger partial charge in [0, 0.05) is 19.4 Å². The SMILES string of the molecule is CCc1nnc(CSc2nc3ccccc3c(=O)n2CCCCCC(N)=O)o1. The van der Waals surface area contributed by atoms with Crippen molar-refractivity contribution in [1.82, 2.24) is 19.7 Å². The molecule has 148 valence electrons. The summed E-state index contributed by atoms with van der Waals surface area (Å²) in [5, 5.41) is 9.20. The van der Waals surface area contributed by atoms with Crippen LogP contribution in [-0.2, 0) is 23.5 Å². The summed E-state index contributed by atoms with van der Waals surface area (Å²) >= 11 is 1.40. The molecule has 1 amide bonds. The molecule has 8 nitrogen and oxygen atoms in total. The van der Waals surface area contributed by atoms with Crippen LogP contribution >= 0.6 is 11.8 Å². The van der Waals surface area contributed by atoms with E-state index in [1.807, 2.05) is 25.1 Å². The number of carbonyl (C=O) groups excluding carboxylic acids is 1. The molecular formula is C19H23N5O3S. The number of hydrogen-bond donors (Lipinski definition) is 1. The molecule has 0 aliphatic carbocycles. The van der Waals surface area contributed by atoms with Gasteiger partial charge in [0.05, 0.1) is 16.7 Å². The van der Waals surface area contributed by atoms with Crippen molar-refractivity contribution in [3.63, 3.8) is 0 Å². The molecule has 0 bridgehead atoms. The lowest BCUT2D eigenvalue weighted by atomic mass is 10.2. The second-order valence-corrected chi connectivity index (χ2v) is 7.32. The van der Waals surface area contributed by atoms with Crippen LogP contribution in [0.5, 0.6) is 0 Å². The Balaban J connectivity index is 1.79. The summed E-state index contributed by atoms with van der Waals surface area (Å²) in [5.41, 5.74) is 5.78. The van der Waals surface area contributed by atoms with Gasteiger partial charge in [-0.05, 0) is 25.0 Å². The van der Waals surface area contributed by atoms with Crippen LogP contribution in [-0.4, -0.2) is 25.7 Å². The summed E-state index contributed by atoms with van der Waals surface area (Å²) in [6, 6.07) is 7.32. The number of unbranched alkanes of at least 4 members (excludes halogenated alkanes) is 2. The molecule has 2 heterocycles. The van der Waals surface area contributed by atoms with Crippen molar-refractivity contribution >= 4 is 28.6 Å². The summed E-state index contributed by atoms with van der Waals surface area (Å²) in [6.45, 7) is 2.48. The third-order valence-corrected chi connectivity index (χ3v) is 5.23. The molecule has 9 heteroatoms. The Morgan fingerprint density at radius 3 is 2.71 bits per heavy atom. The first-order valence-corrected chi connectivity index (χ1v) is 10.3. The van der Waals surface area contributed by atoms with Crippen LogP contribution in [0, 0.1) is 0 Å². The molecule has 0 fully saturated rings. The Morgan fingerprint density at radius 2 is 1.96 bits per heavy atom. The van der Waals surface area contributed by atoms with E-state index < -0.39 is 0 Å². The fraction of sp³-hybridized carbons (Fsp3) is 0.421. The third-order valence-electron chi connectivity index (χ3n) is 4.27. The molecule has 0 aliphatic rings. The molecule has 2 aromatic heterocycles. The molecule has 3 aromatic rings. The first-order valence-electron chi connectivity index (χ1n) is 9.30. The highest BCUT2D eigenvalue weighted by Crippen LogP contribution is 2.22. The zero-order valence-electron chi connectivity index (χ0n) is 15.8. The van der Waals surface area contributed by atoms with Crippen LogP contribution in [0.3, 0.4) is 0 Å². The van der Waals surface area contributed by atoms with Crippen LogP contribution in [0.1, 0.15) is 44.4 Å². The highest BCUT2D eigenvalue weighted by atomic mass is 32.2. The average molecular weight is 401 g/mol. The minimum Gasteiger partial charge on any atom is -0.424 e. The number of hydrogen-bond acceptors (Lipinski definition) is 7. The minimum atomic E-state index is -0.299. The van der Waals surface area contributed by atoms with E-state index in [4.69, 9.17) is 10.2 Å². The van der Waals surface area contributed by atoms with Crippen LogP contribution in [0.15, 0.2) is 38.6 Å². The van der Waals surface area contributed by atoms with Crippen molar-refractivity contribution in [1.29, 1.82) is 0 Å². The van der Waals surface area contributed by atoms with Gasteiger partial charge in [-0.3, -0.25) is 14.2 Å². The van der Waals surface area contributed by atoms with Gasteiger partial charge >= 0.3 is 0 Å². The number of aromatic nitrogens is 4. The van der Waals surface area contributed by atoms with Gasteiger partial charge in [-0.25, -0.2) is 4.98 Å². The molecular weight excluding hydrogens is 378 g/mol. The van der Waals surface area contributed by atoms with Gasteiger partial charge in [0.25, 0.3) is 5.56 Å². The van der Waals surface area contributed by atoms with Crippen LogP contribution in [0.4, 0.5) is 0 Å². The van der Waals surface area contributed by atoms with Gasteiger partial charge in [0.1, 0.15) is 0 Å². The predicted octanol–water partition coefficient (Wildman–Crippen LogP) is 2.68. The molecule has 0 atom stereocenters. The lowest BCUT2D eigenvalue weighted by Crippen LogP contribution is -2.23. The minimum absolute atomic E-state index is 0.0669. The first-order chi connectivity index (χ1) is 13.6. The summed E-state index contributed by atoms with van der Waals surface area (Å²) in [7, 11) is 0. The Morgan fingerprint density at radius 1 is 1.18 bits per heavy atom. The van der Waals surface area contributed by atoms with E-state index in [-0.39, 0.29) is 11.5 Å². The van der Waals surface area contributed by atoms with Gasteiger partial charge < -0.3 is 10.2 Å². The monoisotopic (exact) mass is 401 g/mol. The zero-order valence-corrected chi connectivity index (χ0v) is 16.6. The number of rotatable bonds is 10. The van der Waals surface area contributed by atoms with Crippen molar-refractivity contribution in [2.45, 2.75) is 56.5 Å². The van der Waals surface area contributed by atoms with Gasteiger partial charge in [0.2, 0.25) is 17.7 Å². The number of carbonyl (C=O) groups is 1. The van der Waals surface area contributed by atoms with Crippen molar-refractivity contribution in [2.24, 2.45) is 5.73 Å². The molecule has 1 aromatic carbocycles. The van der Waals surface area contributed by atoms with Crippen LogP contribution < -0.4 is 11.3 Å². The number of fused-ring (bicyclic) bond motifs is 1. The smallest absolute Gasteiger partial charge is 0.262 e. The predicted molar refractivity (Wildman–Crippen MR) is 107 cm³/mol. The number of para-hydroxylation sites is 1. The number of nitrogens with zero attached hydrogens (tertiary/aromatic N) is 4. The largest absolute Gasteiger partial charge is 0.424 e. The molecule has 0 saturated heterocycles. The summed E-state index contributed by atoms with van der Waals surface area (Å²) in [4.78, 5) is 28.5. The number of amides is 1. The number of aryl methyl sites for hydroxylation is 1. The normalized spacial score (nSPS) is 11.2. The van der Waals surface area contributed by atoms with Crippen molar-refractivity contribution in [3.8, 4) is 0 Å². The Labute approximate surface area is 166 Å². The summed E-state index contributed by atoms with van der Waals surface area (Å²) in [5.74, 6) is 1.25. The van der Waals surface area contributed by atoms with Crippen LogP contribution in [0.25, 0.3) is 10.9 Å². The first kappa shape index (κ1) is 20.1. The molecule has 0 unspecified atom stereocenters. The number of benzene rings is 1. The number of thioether (sulfide) groups is 1. The van der Waals surface area contributed by atoms with Crippen molar-refractivity contribution < 1.29 is 9.21 Å². The maximum absolute atomic E-state index is 13.0. The molecule has 0 spiro atoms. The van der Waals surface area contributed by atoms with Crippen molar-refractivity contribution in [2.75, 3.05) is 0 Å². The third kappa shape index (κ3) is 4.98. The van der Waals surface area contributed by atoms with Gasteiger partial charge in [-0.1, -0.05) is 37.2 Å². The Bertz CT molecular complexity index is 1010. The summed E-state index contributed by atoms with van der Waals surface area (Å²) < 4.78 is 7.23. The van der Waals surface area contributed by atoms with E-state index in [2.05, 4.69) is 15.2 Å². The highest BCUT2D eigenvalue weighted by molar-refractivity contribution is 7.98. The molecule has 2 N–H and O–H groups in total. The lowest BCUT2D eigenvalue weighted by molar-refractivity contribution is -0.118. The Hall–Kier alpha value is -2.68. The molecule has 28 heavy (non-hydrogen) atoms. The Kier molecular flexibility index (Phi) is 6.80. The maximum atomic E-state index is 13.0. The number of primary amides is 1. The van der Waals surface area contributed by atoms with Crippen LogP contribution in [0.2, 0.25) is 0 Å². The molecule has 3 rings (SSSR count). The van der Waals surface area contributed by atoms with E-state index in [1.54, 1.807) is 10.6 Å². The average Bonchev–Trinajstić information content (AvgIpc) is 3.16. The van der Waals surface area contributed by atoms with Gasteiger partial charge in [0.15, 0.2) is 5.16 Å². The maximum Gasteiger partial charge on any atom is 0.262 e. The molecule has 0 radical (unpaired) electrons. The lowest BCUT2D eigenvalue weighted by Gasteiger charge is -2.12. The molecule has 0 aliphatic heterocycles. The quantitative estimate of drug-likeness (QED) is 0.315.